The highest BCUT2D eigenvalue weighted by atomic mass is 32.1. The summed E-state index contributed by atoms with van der Waals surface area (Å²) in [4.78, 5) is 16.8. The first-order valence-corrected chi connectivity index (χ1v) is 7.12. The molecule has 1 amide bonds. The monoisotopic (exact) mass is 291 g/mol. The number of methoxy groups -OCH3 is 1. The number of carbonyl (C=O) groups is 1. The van der Waals surface area contributed by atoms with E-state index in [0.717, 1.165) is 22.0 Å². The molecule has 0 atom stereocenters. The van der Waals surface area contributed by atoms with E-state index in [1.165, 1.54) is 11.3 Å². The molecule has 1 aromatic heterocycles. The lowest BCUT2D eigenvalue weighted by atomic mass is 10.1. The Balaban J connectivity index is 2.20. The van der Waals surface area contributed by atoms with E-state index < -0.39 is 0 Å². The average molecular weight is 291 g/mol. The summed E-state index contributed by atoms with van der Waals surface area (Å²) in [6.45, 7) is 1.97. The molecule has 20 heavy (non-hydrogen) atoms. The summed E-state index contributed by atoms with van der Waals surface area (Å²) in [7, 11) is 1.64. The summed E-state index contributed by atoms with van der Waals surface area (Å²) in [6.07, 6.45) is 1.40. The minimum Gasteiger partial charge on any atom is -0.497 e. The van der Waals surface area contributed by atoms with Crippen molar-refractivity contribution in [2.24, 2.45) is 5.84 Å². The van der Waals surface area contributed by atoms with Crippen LogP contribution in [-0.4, -0.2) is 18.0 Å². The summed E-state index contributed by atoms with van der Waals surface area (Å²) in [5.41, 5.74) is 4.08. The predicted octanol–water partition coefficient (Wildman–Crippen LogP) is 1.91. The quantitative estimate of drug-likeness (QED) is 0.501. The second-order valence-electron chi connectivity index (χ2n) is 4.24. The molecule has 0 spiro atoms. The van der Waals surface area contributed by atoms with E-state index >= 15 is 0 Å². The Hall–Kier alpha value is -1.92. The zero-order valence-corrected chi connectivity index (χ0v) is 12.3. The molecule has 0 unspecified atom stereocenters. The van der Waals surface area contributed by atoms with Crippen LogP contribution < -0.4 is 16.0 Å². The highest BCUT2D eigenvalue weighted by molar-refractivity contribution is 7.13. The van der Waals surface area contributed by atoms with Crippen molar-refractivity contribution in [3.8, 4) is 5.75 Å². The van der Waals surface area contributed by atoms with Crippen molar-refractivity contribution in [2.75, 3.05) is 7.11 Å². The number of aromatic nitrogens is 1. The van der Waals surface area contributed by atoms with Gasteiger partial charge in [-0.25, -0.2) is 10.8 Å². The molecule has 1 heterocycles. The molecular weight excluding hydrogens is 274 g/mol. The van der Waals surface area contributed by atoms with Gasteiger partial charge >= 0.3 is 0 Å². The Labute approximate surface area is 121 Å². The van der Waals surface area contributed by atoms with Gasteiger partial charge in [-0.1, -0.05) is 19.1 Å². The molecule has 0 aliphatic carbocycles. The lowest BCUT2D eigenvalue weighted by molar-refractivity contribution is 0.0956. The Bertz CT molecular complexity index is 593. The molecule has 0 saturated heterocycles. The molecule has 2 aromatic rings. The van der Waals surface area contributed by atoms with Gasteiger partial charge in [0.25, 0.3) is 5.91 Å². The van der Waals surface area contributed by atoms with Crippen molar-refractivity contribution < 1.29 is 9.53 Å². The highest BCUT2D eigenvalue weighted by Crippen LogP contribution is 2.22. The van der Waals surface area contributed by atoms with E-state index in [9.17, 15) is 4.79 Å². The summed E-state index contributed by atoms with van der Waals surface area (Å²) >= 11 is 1.39. The molecular formula is C14H17N3O2S. The van der Waals surface area contributed by atoms with Crippen LogP contribution in [0.1, 0.15) is 32.9 Å². The van der Waals surface area contributed by atoms with Crippen LogP contribution in [0.15, 0.2) is 24.3 Å². The second kappa shape index (κ2) is 6.49. The first-order valence-electron chi connectivity index (χ1n) is 6.30. The first-order chi connectivity index (χ1) is 9.67. The highest BCUT2D eigenvalue weighted by Gasteiger charge is 2.16. The number of hydrogen-bond donors (Lipinski definition) is 2. The van der Waals surface area contributed by atoms with Gasteiger partial charge in [0.15, 0.2) is 0 Å². The average Bonchev–Trinajstić information content (AvgIpc) is 2.90. The van der Waals surface area contributed by atoms with Gasteiger partial charge in [0.2, 0.25) is 0 Å². The van der Waals surface area contributed by atoms with Crippen molar-refractivity contribution in [2.45, 2.75) is 19.8 Å². The van der Waals surface area contributed by atoms with Crippen molar-refractivity contribution in [1.29, 1.82) is 0 Å². The van der Waals surface area contributed by atoms with Crippen molar-refractivity contribution in [1.82, 2.24) is 10.4 Å². The van der Waals surface area contributed by atoms with E-state index in [4.69, 9.17) is 10.6 Å². The maximum Gasteiger partial charge on any atom is 0.277 e. The summed E-state index contributed by atoms with van der Waals surface area (Å²) in [5, 5.41) is 0.908. The molecule has 0 aliphatic heterocycles. The maximum absolute atomic E-state index is 11.7. The molecule has 3 N–H and O–H groups in total. The van der Waals surface area contributed by atoms with E-state index in [-0.39, 0.29) is 5.91 Å². The van der Waals surface area contributed by atoms with Crippen LogP contribution in [0, 0.1) is 0 Å². The predicted molar refractivity (Wildman–Crippen MR) is 78.9 cm³/mol. The van der Waals surface area contributed by atoms with Crippen molar-refractivity contribution >= 4 is 17.2 Å². The van der Waals surface area contributed by atoms with Crippen LogP contribution in [0.3, 0.4) is 0 Å². The first kappa shape index (κ1) is 14.5. The number of thiazole rings is 1. The third kappa shape index (κ3) is 3.15. The Morgan fingerprint density at radius 3 is 2.65 bits per heavy atom. The van der Waals surface area contributed by atoms with Crippen LogP contribution in [0.25, 0.3) is 0 Å². The van der Waals surface area contributed by atoms with Gasteiger partial charge in [-0.3, -0.25) is 10.2 Å². The molecule has 106 valence electrons. The van der Waals surface area contributed by atoms with Gasteiger partial charge in [0.1, 0.15) is 10.6 Å². The number of nitrogens with two attached hydrogens (primary N) is 1. The van der Waals surface area contributed by atoms with Gasteiger partial charge in [-0.05, 0) is 24.1 Å². The van der Waals surface area contributed by atoms with Gasteiger partial charge < -0.3 is 4.74 Å². The lowest BCUT2D eigenvalue weighted by Crippen LogP contribution is -2.30. The van der Waals surface area contributed by atoms with Gasteiger partial charge in [0, 0.05) is 6.42 Å². The normalized spacial score (nSPS) is 10.3. The number of rotatable bonds is 5. The lowest BCUT2D eigenvalue weighted by Gasteiger charge is -2.01. The largest absolute Gasteiger partial charge is 0.497 e. The van der Waals surface area contributed by atoms with Crippen LogP contribution >= 0.6 is 11.3 Å². The van der Waals surface area contributed by atoms with Crippen LogP contribution in [0.2, 0.25) is 0 Å². The number of ether oxygens (including phenoxy) is 1. The summed E-state index contributed by atoms with van der Waals surface area (Å²) < 4.78 is 5.13. The molecule has 1 aromatic carbocycles. The fraction of sp³-hybridized carbons (Fsp3) is 0.286. The number of nitrogen functional groups attached to an aromatic ring is 1. The number of nitrogens with zero attached hydrogens (tertiary/aromatic N) is 1. The van der Waals surface area contributed by atoms with Crippen LogP contribution in [0.5, 0.6) is 5.75 Å². The second-order valence-corrected chi connectivity index (χ2v) is 5.32. The van der Waals surface area contributed by atoms with Crippen LogP contribution in [-0.2, 0) is 12.8 Å². The SMILES string of the molecule is CCc1nc(Cc2ccc(OC)cc2)sc1C(=O)NN. The van der Waals surface area contributed by atoms with E-state index in [0.29, 0.717) is 17.7 Å². The van der Waals surface area contributed by atoms with E-state index in [1.807, 2.05) is 31.2 Å². The molecule has 0 radical (unpaired) electrons. The number of hydrogen-bond acceptors (Lipinski definition) is 5. The number of carbonyl (C=O) groups excluding carboxylic acids is 1. The molecule has 0 saturated carbocycles. The molecule has 0 fully saturated rings. The topological polar surface area (TPSA) is 77.2 Å². The van der Waals surface area contributed by atoms with E-state index in [1.54, 1.807) is 7.11 Å². The Morgan fingerprint density at radius 2 is 2.10 bits per heavy atom. The third-order valence-electron chi connectivity index (χ3n) is 2.93. The molecule has 0 aliphatic rings. The standard InChI is InChI=1S/C14H17N3O2S/c1-3-11-13(14(18)17-15)20-12(16-11)8-9-4-6-10(19-2)7-5-9/h4-7H,3,8,15H2,1-2H3,(H,17,18). The molecule has 2 rings (SSSR count). The maximum atomic E-state index is 11.7. The fourth-order valence-corrected chi connectivity index (χ4v) is 2.97. The van der Waals surface area contributed by atoms with Crippen LogP contribution in [0.4, 0.5) is 0 Å². The van der Waals surface area contributed by atoms with Crippen molar-refractivity contribution in [3.63, 3.8) is 0 Å². The van der Waals surface area contributed by atoms with E-state index in [2.05, 4.69) is 10.4 Å². The molecule has 6 heteroatoms. The van der Waals surface area contributed by atoms with Crippen molar-refractivity contribution in [3.05, 3.63) is 45.4 Å². The zero-order valence-electron chi connectivity index (χ0n) is 11.5. The number of hydrazine groups is 1. The number of nitrogens with one attached hydrogen (secondary N) is 1. The number of amides is 1. The fourth-order valence-electron chi connectivity index (χ4n) is 1.88. The molecule has 0 bridgehead atoms. The summed E-state index contributed by atoms with van der Waals surface area (Å²) in [5.74, 6) is 5.73. The summed E-state index contributed by atoms with van der Waals surface area (Å²) in [6, 6.07) is 7.82. The zero-order chi connectivity index (χ0) is 14.5. The minimum atomic E-state index is -0.277. The Morgan fingerprint density at radius 1 is 1.40 bits per heavy atom. The Kier molecular flexibility index (Phi) is 4.70. The smallest absolute Gasteiger partial charge is 0.277 e. The number of benzene rings is 1. The number of aryl methyl sites for hydroxylation is 1. The van der Waals surface area contributed by atoms with Gasteiger partial charge in [0.05, 0.1) is 17.8 Å². The van der Waals surface area contributed by atoms with Gasteiger partial charge in [-0.2, -0.15) is 0 Å². The third-order valence-corrected chi connectivity index (χ3v) is 4.02. The molecule has 5 nitrogen and oxygen atoms in total. The van der Waals surface area contributed by atoms with Gasteiger partial charge in [-0.15, -0.1) is 11.3 Å². The minimum absolute atomic E-state index is 0.277.